The summed E-state index contributed by atoms with van der Waals surface area (Å²) in [7, 11) is 0. The zero-order chi connectivity index (χ0) is 19.2. The van der Waals surface area contributed by atoms with Crippen LogP contribution in [0, 0.1) is 13.8 Å². The largest absolute Gasteiger partial charge is 0.456 e. The number of carbonyl (C=O) groups excluding carboxylic acids is 2. The van der Waals surface area contributed by atoms with Crippen molar-refractivity contribution < 1.29 is 14.3 Å². The zero-order valence-electron chi connectivity index (χ0n) is 15.2. The van der Waals surface area contributed by atoms with Crippen LogP contribution in [0.4, 0.5) is 5.69 Å². The van der Waals surface area contributed by atoms with Gasteiger partial charge in [-0.2, -0.15) is 0 Å². The van der Waals surface area contributed by atoms with Crippen LogP contribution in [-0.4, -0.2) is 29.2 Å². The van der Waals surface area contributed by atoms with E-state index in [1.807, 2.05) is 56.3 Å². The number of aromatic nitrogens is 1. The summed E-state index contributed by atoms with van der Waals surface area (Å²) in [4.78, 5) is 28.3. The summed E-state index contributed by atoms with van der Waals surface area (Å²) < 4.78 is 7.12. The van der Waals surface area contributed by atoms with Crippen LogP contribution in [0.5, 0.6) is 0 Å². The highest BCUT2D eigenvalue weighted by Crippen LogP contribution is 2.29. The highest BCUT2D eigenvalue weighted by Gasteiger charge is 2.10. The van der Waals surface area contributed by atoms with E-state index in [1.165, 1.54) is 11.8 Å². The maximum atomic E-state index is 12.0. The Morgan fingerprint density at radius 2 is 2.00 bits per heavy atom. The Bertz CT molecular complexity index is 936. The fraction of sp³-hybridized carbons (Fsp3) is 0.250. The minimum atomic E-state index is -0.389. The quantitative estimate of drug-likeness (QED) is 0.464. The lowest BCUT2D eigenvalue weighted by Gasteiger charge is -2.09. The van der Waals surface area contributed by atoms with Gasteiger partial charge in [0.1, 0.15) is 0 Å². The van der Waals surface area contributed by atoms with Crippen LogP contribution >= 0.6 is 23.1 Å². The first-order chi connectivity index (χ1) is 13.0. The van der Waals surface area contributed by atoms with Gasteiger partial charge in [0, 0.05) is 11.4 Å². The zero-order valence-corrected chi connectivity index (χ0v) is 16.8. The van der Waals surface area contributed by atoms with Crippen LogP contribution in [0.2, 0.25) is 0 Å². The molecule has 0 aliphatic carbocycles. The van der Waals surface area contributed by atoms with E-state index in [0.29, 0.717) is 5.75 Å². The first kappa shape index (κ1) is 19.4. The van der Waals surface area contributed by atoms with E-state index < -0.39 is 0 Å². The van der Waals surface area contributed by atoms with Crippen molar-refractivity contribution in [2.75, 3.05) is 17.7 Å². The van der Waals surface area contributed by atoms with Crippen molar-refractivity contribution >= 4 is 50.9 Å². The van der Waals surface area contributed by atoms with E-state index in [9.17, 15) is 9.59 Å². The lowest BCUT2D eigenvalue weighted by Crippen LogP contribution is -2.21. The third-order valence-corrected chi connectivity index (χ3v) is 6.02. The number of hydrogen-bond donors (Lipinski definition) is 1. The standard InChI is InChI=1S/C20H20N2O3S2/c1-13-7-8-14(2)16(11-13)21-18(23)12-25-19(24)9-10-26-20-22-15-5-3-4-6-17(15)27-20/h3-8,11H,9-10,12H2,1-2H3,(H,21,23). The van der Waals surface area contributed by atoms with Crippen LogP contribution in [0.3, 0.4) is 0 Å². The number of esters is 1. The number of amides is 1. The minimum Gasteiger partial charge on any atom is -0.456 e. The number of nitrogens with one attached hydrogen (secondary N) is 1. The molecule has 7 heteroatoms. The van der Waals surface area contributed by atoms with E-state index in [-0.39, 0.29) is 24.9 Å². The van der Waals surface area contributed by atoms with Crippen molar-refractivity contribution in [2.24, 2.45) is 0 Å². The molecule has 0 bridgehead atoms. The molecule has 140 valence electrons. The van der Waals surface area contributed by atoms with Crippen molar-refractivity contribution in [2.45, 2.75) is 24.6 Å². The molecule has 0 saturated heterocycles. The highest BCUT2D eigenvalue weighted by molar-refractivity contribution is 8.01. The van der Waals surface area contributed by atoms with Gasteiger partial charge >= 0.3 is 5.97 Å². The van der Waals surface area contributed by atoms with Gasteiger partial charge in [-0.3, -0.25) is 9.59 Å². The van der Waals surface area contributed by atoms with Gasteiger partial charge in [0.25, 0.3) is 5.91 Å². The summed E-state index contributed by atoms with van der Waals surface area (Å²) >= 11 is 3.13. The van der Waals surface area contributed by atoms with Gasteiger partial charge in [-0.15, -0.1) is 11.3 Å². The summed E-state index contributed by atoms with van der Waals surface area (Å²) in [6, 6.07) is 13.7. The molecule has 1 heterocycles. The molecule has 5 nitrogen and oxygen atoms in total. The molecule has 0 aliphatic rings. The molecule has 0 fully saturated rings. The average molecular weight is 401 g/mol. The molecule has 0 saturated carbocycles. The smallest absolute Gasteiger partial charge is 0.307 e. The van der Waals surface area contributed by atoms with Gasteiger partial charge in [0.05, 0.1) is 16.6 Å². The molecule has 1 N–H and O–H groups in total. The molecule has 2 aromatic carbocycles. The van der Waals surface area contributed by atoms with Gasteiger partial charge in [-0.1, -0.05) is 36.0 Å². The summed E-state index contributed by atoms with van der Waals surface area (Å²) in [5.41, 5.74) is 3.73. The molecule has 0 spiro atoms. The second kappa shape index (κ2) is 9.01. The summed E-state index contributed by atoms with van der Waals surface area (Å²) in [5.74, 6) is -0.160. The summed E-state index contributed by atoms with van der Waals surface area (Å²) in [6.45, 7) is 3.59. The van der Waals surface area contributed by atoms with E-state index in [2.05, 4.69) is 10.3 Å². The van der Waals surface area contributed by atoms with Crippen molar-refractivity contribution in [1.29, 1.82) is 0 Å². The molecule has 3 rings (SSSR count). The van der Waals surface area contributed by atoms with Gasteiger partial charge in [-0.25, -0.2) is 4.98 Å². The monoisotopic (exact) mass is 400 g/mol. The maximum Gasteiger partial charge on any atom is 0.307 e. The molecule has 0 aliphatic heterocycles. The number of anilines is 1. The lowest BCUT2D eigenvalue weighted by atomic mass is 10.1. The molecule has 0 unspecified atom stereocenters. The van der Waals surface area contributed by atoms with Crippen molar-refractivity contribution in [3.05, 3.63) is 53.6 Å². The van der Waals surface area contributed by atoms with E-state index >= 15 is 0 Å². The van der Waals surface area contributed by atoms with E-state index in [4.69, 9.17) is 4.74 Å². The second-order valence-electron chi connectivity index (χ2n) is 6.07. The van der Waals surface area contributed by atoms with Crippen LogP contribution in [0.15, 0.2) is 46.8 Å². The number of nitrogens with zero attached hydrogens (tertiary/aromatic N) is 1. The predicted octanol–water partition coefficient (Wildman–Crippen LogP) is 4.58. The van der Waals surface area contributed by atoms with Gasteiger partial charge in [0.15, 0.2) is 10.9 Å². The number of thiazole rings is 1. The van der Waals surface area contributed by atoms with Crippen molar-refractivity contribution in [3.63, 3.8) is 0 Å². The van der Waals surface area contributed by atoms with Crippen molar-refractivity contribution in [3.8, 4) is 0 Å². The van der Waals surface area contributed by atoms with E-state index in [0.717, 1.165) is 31.4 Å². The van der Waals surface area contributed by atoms with Gasteiger partial charge in [0.2, 0.25) is 0 Å². The lowest BCUT2D eigenvalue weighted by molar-refractivity contribution is -0.146. The van der Waals surface area contributed by atoms with Gasteiger partial charge in [-0.05, 0) is 43.2 Å². The highest BCUT2D eigenvalue weighted by atomic mass is 32.2. The molecule has 1 aromatic heterocycles. The Labute approximate surface area is 166 Å². The average Bonchev–Trinajstić information content (AvgIpc) is 3.06. The van der Waals surface area contributed by atoms with Crippen LogP contribution in [-0.2, 0) is 14.3 Å². The molecule has 27 heavy (non-hydrogen) atoms. The van der Waals surface area contributed by atoms with Crippen LogP contribution in [0.1, 0.15) is 17.5 Å². The summed E-state index contributed by atoms with van der Waals surface area (Å²) in [5, 5.41) is 2.77. The molecular weight excluding hydrogens is 380 g/mol. The number of para-hydroxylation sites is 1. The Balaban J connectivity index is 1.40. The van der Waals surface area contributed by atoms with Crippen LogP contribution in [0.25, 0.3) is 10.2 Å². The number of thioether (sulfide) groups is 1. The topological polar surface area (TPSA) is 68.3 Å². The predicted molar refractivity (Wildman–Crippen MR) is 110 cm³/mol. The fourth-order valence-corrected chi connectivity index (χ4v) is 4.47. The Morgan fingerprint density at radius 3 is 2.81 bits per heavy atom. The molecule has 1 amide bonds. The number of fused-ring (bicyclic) bond motifs is 1. The summed E-state index contributed by atoms with van der Waals surface area (Å²) in [6.07, 6.45) is 0.233. The normalized spacial score (nSPS) is 10.7. The third kappa shape index (κ3) is 5.55. The fourth-order valence-electron chi connectivity index (χ4n) is 2.41. The number of aryl methyl sites for hydroxylation is 2. The van der Waals surface area contributed by atoms with E-state index in [1.54, 1.807) is 11.3 Å². The third-order valence-electron chi connectivity index (χ3n) is 3.84. The number of rotatable bonds is 7. The Morgan fingerprint density at radius 1 is 1.19 bits per heavy atom. The number of hydrogen-bond acceptors (Lipinski definition) is 6. The first-order valence-electron chi connectivity index (χ1n) is 8.52. The van der Waals surface area contributed by atoms with Crippen LogP contribution < -0.4 is 5.32 Å². The number of ether oxygens (including phenoxy) is 1. The van der Waals surface area contributed by atoms with Crippen molar-refractivity contribution in [1.82, 2.24) is 4.98 Å². The van der Waals surface area contributed by atoms with Gasteiger partial charge < -0.3 is 10.1 Å². The number of benzene rings is 2. The number of carbonyl (C=O) groups is 2. The minimum absolute atomic E-state index is 0.233. The Hall–Kier alpha value is -2.38. The molecule has 3 aromatic rings. The maximum absolute atomic E-state index is 12.0. The first-order valence-corrected chi connectivity index (χ1v) is 10.3. The molecule has 0 atom stereocenters. The SMILES string of the molecule is Cc1ccc(C)c(NC(=O)COC(=O)CCSc2nc3ccccc3s2)c1. The molecular formula is C20H20N2O3S2. The molecule has 0 radical (unpaired) electrons. The Kier molecular flexibility index (Phi) is 6.47. The second-order valence-corrected chi connectivity index (χ2v) is 8.45.